The van der Waals surface area contributed by atoms with E-state index in [1.54, 1.807) is 0 Å². The van der Waals surface area contributed by atoms with Crippen LogP contribution in [0.15, 0.2) is 0 Å². The van der Waals surface area contributed by atoms with Crippen molar-refractivity contribution in [2.24, 2.45) is 28.1 Å². The number of carbonyl (C=O) groups is 1. The van der Waals surface area contributed by atoms with Crippen molar-refractivity contribution in [2.75, 3.05) is 19.8 Å². The molecule has 0 aliphatic heterocycles. The molecular formula is C20H33NO2. The first-order valence-corrected chi connectivity index (χ1v) is 9.77. The Hall–Kier alpha value is -0.570. The predicted octanol–water partition coefficient (Wildman–Crippen LogP) is 3.92. The molecule has 5 aliphatic rings. The number of ether oxygens (including phenoxy) is 1. The van der Waals surface area contributed by atoms with E-state index in [1.807, 2.05) is 0 Å². The van der Waals surface area contributed by atoms with E-state index in [2.05, 4.69) is 19.2 Å². The van der Waals surface area contributed by atoms with Crippen molar-refractivity contribution >= 4 is 5.91 Å². The van der Waals surface area contributed by atoms with Crippen molar-refractivity contribution in [1.82, 2.24) is 5.32 Å². The molecule has 5 saturated carbocycles. The molecule has 0 aromatic rings. The van der Waals surface area contributed by atoms with Crippen LogP contribution in [0.3, 0.4) is 0 Å². The molecule has 2 atom stereocenters. The van der Waals surface area contributed by atoms with Crippen molar-refractivity contribution in [3.8, 4) is 0 Å². The van der Waals surface area contributed by atoms with Crippen LogP contribution < -0.4 is 5.32 Å². The molecule has 0 radical (unpaired) electrons. The smallest absolute Gasteiger partial charge is 0.226 e. The first-order chi connectivity index (χ1) is 10.9. The second-order valence-electron chi connectivity index (χ2n) is 10.0. The SMILES string of the molecule is CC12CC3CC(C)(C1)CC(C(=O)NCCCOCC1CC1)(C3)C2. The lowest BCUT2D eigenvalue weighted by atomic mass is 9.40. The molecule has 0 aromatic heterocycles. The summed E-state index contributed by atoms with van der Waals surface area (Å²) < 4.78 is 5.67. The van der Waals surface area contributed by atoms with Gasteiger partial charge in [-0.25, -0.2) is 0 Å². The topological polar surface area (TPSA) is 38.3 Å². The van der Waals surface area contributed by atoms with E-state index in [-0.39, 0.29) is 5.41 Å². The highest BCUT2D eigenvalue weighted by Gasteiger charge is 2.62. The van der Waals surface area contributed by atoms with Gasteiger partial charge in [0.15, 0.2) is 0 Å². The number of amides is 1. The molecule has 4 bridgehead atoms. The van der Waals surface area contributed by atoms with Crippen molar-refractivity contribution < 1.29 is 9.53 Å². The van der Waals surface area contributed by atoms with Crippen LogP contribution >= 0.6 is 0 Å². The first-order valence-electron chi connectivity index (χ1n) is 9.77. The van der Waals surface area contributed by atoms with Gasteiger partial charge in [-0.05, 0) is 80.5 Å². The molecular weight excluding hydrogens is 286 g/mol. The largest absolute Gasteiger partial charge is 0.381 e. The monoisotopic (exact) mass is 319 g/mol. The highest BCUT2D eigenvalue weighted by atomic mass is 16.5. The lowest BCUT2D eigenvalue weighted by molar-refractivity contribution is -0.170. The van der Waals surface area contributed by atoms with Crippen molar-refractivity contribution in [3.63, 3.8) is 0 Å². The zero-order valence-corrected chi connectivity index (χ0v) is 15.0. The summed E-state index contributed by atoms with van der Waals surface area (Å²) in [6.07, 6.45) is 11.1. The van der Waals surface area contributed by atoms with E-state index in [9.17, 15) is 4.79 Å². The Labute approximate surface area is 140 Å². The van der Waals surface area contributed by atoms with Crippen LogP contribution in [0.5, 0.6) is 0 Å². The van der Waals surface area contributed by atoms with E-state index in [0.29, 0.717) is 16.7 Å². The van der Waals surface area contributed by atoms with Crippen LogP contribution in [0.25, 0.3) is 0 Å². The average molecular weight is 319 g/mol. The van der Waals surface area contributed by atoms with E-state index < -0.39 is 0 Å². The highest BCUT2D eigenvalue weighted by molar-refractivity contribution is 5.83. The summed E-state index contributed by atoms with van der Waals surface area (Å²) in [5.74, 6) is 1.97. The third-order valence-corrected chi connectivity index (χ3v) is 6.91. The molecule has 2 unspecified atom stereocenters. The summed E-state index contributed by atoms with van der Waals surface area (Å²) in [4.78, 5) is 13.0. The molecule has 1 amide bonds. The summed E-state index contributed by atoms with van der Waals surface area (Å²) in [5.41, 5.74) is 0.773. The molecule has 0 saturated heterocycles. The second kappa shape index (κ2) is 5.47. The minimum Gasteiger partial charge on any atom is -0.381 e. The maximum atomic E-state index is 13.0. The molecule has 0 aromatic carbocycles. The molecule has 23 heavy (non-hydrogen) atoms. The van der Waals surface area contributed by atoms with Crippen molar-refractivity contribution in [3.05, 3.63) is 0 Å². The Balaban J connectivity index is 1.29. The van der Waals surface area contributed by atoms with Gasteiger partial charge in [-0.15, -0.1) is 0 Å². The van der Waals surface area contributed by atoms with Gasteiger partial charge in [0.1, 0.15) is 0 Å². The summed E-state index contributed by atoms with van der Waals surface area (Å²) in [6.45, 7) is 7.37. The lowest BCUT2D eigenvalue weighted by Crippen LogP contribution is -2.59. The molecule has 5 aliphatic carbocycles. The molecule has 5 fully saturated rings. The Bertz CT molecular complexity index is 466. The third-order valence-electron chi connectivity index (χ3n) is 6.91. The van der Waals surface area contributed by atoms with Crippen LogP contribution in [0, 0.1) is 28.1 Å². The molecule has 3 heteroatoms. The summed E-state index contributed by atoms with van der Waals surface area (Å²) in [7, 11) is 0. The summed E-state index contributed by atoms with van der Waals surface area (Å²) in [5, 5.41) is 3.26. The van der Waals surface area contributed by atoms with E-state index >= 15 is 0 Å². The molecule has 0 heterocycles. The van der Waals surface area contributed by atoms with Crippen LogP contribution in [0.2, 0.25) is 0 Å². The number of carbonyl (C=O) groups excluding carboxylic acids is 1. The number of rotatable bonds is 7. The normalized spacial score (nSPS) is 44.5. The van der Waals surface area contributed by atoms with E-state index in [4.69, 9.17) is 4.74 Å². The Morgan fingerprint density at radius 1 is 1.09 bits per heavy atom. The van der Waals surface area contributed by atoms with E-state index in [1.165, 1.54) is 32.1 Å². The van der Waals surface area contributed by atoms with Gasteiger partial charge >= 0.3 is 0 Å². The van der Waals surface area contributed by atoms with Gasteiger partial charge in [-0.3, -0.25) is 4.79 Å². The molecule has 1 N–H and O–H groups in total. The van der Waals surface area contributed by atoms with Gasteiger partial charge in [0.2, 0.25) is 5.91 Å². The average Bonchev–Trinajstić information content (AvgIpc) is 3.22. The Morgan fingerprint density at radius 2 is 1.78 bits per heavy atom. The predicted molar refractivity (Wildman–Crippen MR) is 91.0 cm³/mol. The summed E-state index contributed by atoms with van der Waals surface area (Å²) in [6, 6.07) is 0. The van der Waals surface area contributed by atoms with Gasteiger partial charge < -0.3 is 10.1 Å². The fraction of sp³-hybridized carbons (Fsp3) is 0.950. The maximum Gasteiger partial charge on any atom is 0.226 e. The fourth-order valence-corrected chi connectivity index (χ4v) is 6.80. The number of hydrogen-bond donors (Lipinski definition) is 1. The maximum absolute atomic E-state index is 13.0. The first kappa shape index (κ1) is 15.9. The molecule has 3 nitrogen and oxygen atoms in total. The van der Waals surface area contributed by atoms with Gasteiger partial charge in [-0.1, -0.05) is 13.8 Å². The van der Waals surface area contributed by atoms with Gasteiger partial charge in [0, 0.05) is 19.8 Å². The van der Waals surface area contributed by atoms with E-state index in [0.717, 1.165) is 57.3 Å². The zero-order valence-electron chi connectivity index (χ0n) is 15.0. The fourth-order valence-electron chi connectivity index (χ4n) is 6.80. The summed E-state index contributed by atoms with van der Waals surface area (Å²) >= 11 is 0. The lowest BCUT2D eigenvalue weighted by Gasteiger charge is -2.64. The van der Waals surface area contributed by atoms with Crippen LogP contribution in [-0.4, -0.2) is 25.7 Å². The second-order valence-corrected chi connectivity index (χ2v) is 10.0. The standard InChI is InChI=1S/C20H33NO2/c1-18-8-16-9-19(2,12-18)14-20(10-16,13-18)17(22)21-6-3-7-23-11-15-4-5-15/h15-16H,3-14H2,1-2H3,(H,21,22). The minimum absolute atomic E-state index is 0.0578. The van der Waals surface area contributed by atoms with Crippen LogP contribution in [0.1, 0.15) is 71.6 Å². The molecule has 0 spiro atoms. The quantitative estimate of drug-likeness (QED) is 0.722. The van der Waals surface area contributed by atoms with Crippen LogP contribution in [-0.2, 0) is 9.53 Å². The van der Waals surface area contributed by atoms with Crippen LogP contribution in [0.4, 0.5) is 0 Å². The third kappa shape index (κ3) is 3.18. The van der Waals surface area contributed by atoms with Gasteiger partial charge in [0.05, 0.1) is 5.41 Å². The number of hydrogen-bond acceptors (Lipinski definition) is 2. The Morgan fingerprint density at radius 3 is 2.39 bits per heavy atom. The minimum atomic E-state index is -0.0578. The Kier molecular flexibility index (Phi) is 3.79. The van der Waals surface area contributed by atoms with Gasteiger partial charge in [0.25, 0.3) is 0 Å². The zero-order chi connectivity index (χ0) is 16.1. The molecule has 130 valence electrons. The van der Waals surface area contributed by atoms with Crippen molar-refractivity contribution in [2.45, 2.75) is 71.6 Å². The number of nitrogens with one attached hydrogen (secondary N) is 1. The van der Waals surface area contributed by atoms with Gasteiger partial charge in [-0.2, -0.15) is 0 Å². The highest BCUT2D eigenvalue weighted by Crippen LogP contribution is 2.69. The molecule has 5 rings (SSSR count). The van der Waals surface area contributed by atoms with Crippen molar-refractivity contribution in [1.29, 1.82) is 0 Å².